The van der Waals surface area contributed by atoms with Gasteiger partial charge < -0.3 is 19.7 Å². The molecule has 33 heavy (non-hydrogen) atoms. The van der Waals surface area contributed by atoms with E-state index in [4.69, 9.17) is 21.7 Å². The first kappa shape index (κ1) is 23.7. The van der Waals surface area contributed by atoms with Crippen LogP contribution < -0.4 is 20.1 Å². The molecule has 0 bridgehead atoms. The van der Waals surface area contributed by atoms with E-state index in [0.29, 0.717) is 35.8 Å². The van der Waals surface area contributed by atoms with Crippen LogP contribution in [0.25, 0.3) is 0 Å². The lowest BCUT2D eigenvalue weighted by molar-refractivity contribution is 0.0828. The molecule has 0 heterocycles. The average molecular weight is 464 g/mol. The number of carbonyl (C=O) groups is 2. The van der Waals surface area contributed by atoms with E-state index < -0.39 is 0 Å². The van der Waals surface area contributed by atoms with Gasteiger partial charge in [0, 0.05) is 19.7 Å². The van der Waals surface area contributed by atoms with Crippen molar-refractivity contribution in [3.8, 4) is 11.5 Å². The van der Waals surface area contributed by atoms with Crippen LogP contribution in [0, 0.1) is 0 Å². The SMILES string of the molecule is CN(C)C(=O)c1ccccc1NC(=S)NC(=O)c1ccc(OCCOc2ccccc2)cc1. The van der Waals surface area contributed by atoms with Crippen molar-refractivity contribution in [1.29, 1.82) is 0 Å². The van der Waals surface area contributed by atoms with Crippen molar-refractivity contribution >= 4 is 34.8 Å². The Morgan fingerprint density at radius 2 is 1.39 bits per heavy atom. The maximum absolute atomic E-state index is 12.5. The Balaban J connectivity index is 1.49. The highest BCUT2D eigenvalue weighted by Gasteiger charge is 2.15. The number of anilines is 1. The molecule has 0 fully saturated rings. The topological polar surface area (TPSA) is 79.9 Å². The largest absolute Gasteiger partial charge is 0.490 e. The smallest absolute Gasteiger partial charge is 0.257 e. The fraction of sp³-hybridized carbons (Fsp3) is 0.160. The summed E-state index contributed by atoms with van der Waals surface area (Å²) in [6, 6.07) is 23.2. The van der Waals surface area contributed by atoms with Gasteiger partial charge in [0.15, 0.2) is 5.11 Å². The third kappa shape index (κ3) is 7.05. The van der Waals surface area contributed by atoms with Gasteiger partial charge in [-0.25, -0.2) is 0 Å². The van der Waals surface area contributed by atoms with E-state index in [9.17, 15) is 9.59 Å². The molecule has 0 atom stereocenters. The molecule has 0 aliphatic heterocycles. The predicted molar refractivity (Wildman–Crippen MR) is 132 cm³/mol. The Hall–Kier alpha value is -3.91. The average Bonchev–Trinajstić information content (AvgIpc) is 2.82. The van der Waals surface area contributed by atoms with Gasteiger partial charge in [-0.2, -0.15) is 0 Å². The van der Waals surface area contributed by atoms with E-state index >= 15 is 0 Å². The first-order valence-electron chi connectivity index (χ1n) is 10.3. The molecule has 0 saturated carbocycles. The Morgan fingerprint density at radius 1 is 0.818 bits per heavy atom. The first-order chi connectivity index (χ1) is 15.9. The zero-order chi connectivity index (χ0) is 23.6. The summed E-state index contributed by atoms with van der Waals surface area (Å²) in [5.41, 5.74) is 1.39. The van der Waals surface area contributed by atoms with Crippen LogP contribution in [0.5, 0.6) is 11.5 Å². The van der Waals surface area contributed by atoms with Crippen LogP contribution in [-0.4, -0.2) is 49.1 Å². The van der Waals surface area contributed by atoms with Crippen molar-refractivity contribution in [1.82, 2.24) is 10.2 Å². The second-order valence-electron chi connectivity index (χ2n) is 7.19. The van der Waals surface area contributed by atoms with E-state index in [1.807, 2.05) is 30.3 Å². The Morgan fingerprint density at radius 3 is 2.03 bits per heavy atom. The number of hydrogen-bond acceptors (Lipinski definition) is 5. The maximum atomic E-state index is 12.5. The van der Waals surface area contributed by atoms with Crippen LogP contribution in [0.3, 0.4) is 0 Å². The highest BCUT2D eigenvalue weighted by atomic mass is 32.1. The number of amides is 2. The summed E-state index contributed by atoms with van der Waals surface area (Å²) in [6.07, 6.45) is 0. The number of carbonyl (C=O) groups excluding carboxylic acids is 2. The molecule has 7 nitrogen and oxygen atoms in total. The Labute approximate surface area is 198 Å². The zero-order valence-electron chi connectivity index (χ0n) is 18.4. The molecule has 3 aromatic carbocycles. The minimum Gasteiger partial charge on any atom is -0.490 e. The highest BCUT2D eigenvalue weighted by molar-refractivity contribution is 7.80. The molecule has 2 N–H and O–H groups in total. The first-order valence-corrected chi connectivity index (χ1v) is 10.7. The summed E-state index contributed by atoms with van der Waals surface area (Å²) < 4.78 is 11.2. The number of nitrogens with zero attached hydrogens (tertiary/aromatic N) is 1. The monoisotopic (exact) mass is 463 g/mol. The van der Waals surface area contributed by atoms with Crippen LogP contribution in [0.2, 0.25) is 0 Å². The van der Waals surface area contributed by atoms with Gasteiger partial charge in [0.25, 0.3) is 11.8 Å². The molecule has 2 amide bonds. The van der Waals surface area contributed by atoms with Crippen molar-refractivity contribution in [3.63, 3.8) is 0 Å². The molecule has 170 valence electrons. The fourth-order valence-corrected chi connectivity index (χ4v) is 3.09. The fourth-order valence-electron chi connectivity index (χ4n) is 2.89. The zero-order valence-corrected chi connectivity index (χ0v) is 19.2. The van der Waals surface area contributed by atoms with E-state index in [-0.39, 0.29) is 16.9 Å². The van der Waals surface area contributed by atoms with Crippen molar-refractivity contribution in [2.75, 3.05) is 32.6 Å². The molecule has 0 aliphatic rings. The standard InChI is InChI=1S/C25H25N3O4S/c1-28(2)24(30)21-10-6-7-11-22(21)26-25(33)27-23(29)18-12-14-20(15-13-18)32-17-16-31-19-8-4-3-5-9-19/h3-15H,16-17H2,1-2H3,(H2,26,27,29,33). The second kappa shape index (κ2) is 11.6. The summed E-state index contributed by atoms with van der Waals surface area (Å²) in [4.78, 5) is 26.3. The molecule has 3 aromatic rings. The van der Waals surface area contributed by atoms with Gasteiger partial charge in [0.1, 0.15) is 24.7 Å². The van der Waals surface area contributed by atoms with Gasteiger partial charge in [-0.1, -0.05) is 30.3 Å². The van der Waals surface area contributed by atoms with E-state index in [2.05, 4.69) is 10.6 Å². The molecule has 0 aromatic heterocycles. The van der Waals surface area contributed by atoms with Crippen molar-refractivity contribution in [3.05, 3.63) is 90.0 Å². The summed E-state index contributed by atoms with van der Waals surface area (Å²) >= 11 is 5.25. The second-order valence-corrected chi connectivity index (χ2v) is 7.60. The predicted octanol–water partition coefficient (Wildman–Crippen LogP) is 3.97. The van der Waals surface area contributed by atoms with Gasteiger partial charge in [-0.3, -0.25) is 14.9 Å². The van der Waals surface area contributed by atoms with Crippen LogP contribution in [0.4, 0.5) is 5.69 Å². The normalized spacial score (nSPS) is 10.1. The summed E-state index contributed by atoms with van der Waals surface area (Å²) in [5, 5.41) is 5.64. The number of ether oxygens (including phenoxy) is 2. The van der Waals surface area contributed by atoms with Crippen molar-refractivity contribution in [2.45, 2.75) is 0 Å². The van der Waals surface area contributed by atoms with Crippen molar-refractivity contribution < 1.29 is 19.1 Å². The lowest BCUT2D eigenvalue weighted by atomic mass is 10.1. The van der Waals surface area contributed by atoms with Gasteiger partial charge in [-0.05, 0) is 60.7 Å². The lowest BCUT2D eigenvalue weighted by Crippen LogP contribution is -2.35. The number of benzene rings is 3. The summed E-state index contributed by atoms with van der Waals surface area (Å²) in [7, 11) is 3.34. The summed E-state index contributed by atoms with van der Waals surface area (Å²) in [6.45, 7) is 0.781. The van der Waals surface area contributed by atoms with Gasteiger partial charge in [-0.15, -0.1) is 0 Å². The third-order valence-corrected chi connectivity index (χ3v) is 4.72. The van der Waals surface area contributed by atoms with E-state index in [0.717, 1.165) is 5.75 Å². The van der Waals surface area contributed by atoms with Crippen LogP contribution >= 0.6 is 12.2 Å². The van der Waals surface area contributed by atoms with E-state index in [1.165, 1.54) is 4.90 Å². The molecule has 0 aliphatic carbocycles. The van der Waals surface area contributed by atoms with E-state index in [1.54, 1.807) is 62.6 Å². The number of rotatable bonds is 8. The van der Waals surface area contributed by atoms with Crippen LogP contribution in [0.15, 0.2) is 78.9 Å². The number of para-hydroxylation sites is 2. The summed E-state index contributed by atoms with van der Waals surface area (Å²) in [5.74, 6) is 0.867. The Kier molecular flexibility index (Phi) is 8.37. The maximum Gasteiger partial charge on any atom is 0.257 e. The minimum absolute atomic E-state index is 0.0948. The van der Waals surface area contributed by atoms with Gasteiger partial charge in [0.05, 0.1) is 11.3 Å². The van der Waals surface area contributed by atoms with Crippen LogP contribution in [-0.2, 0) is 0 Å². The number of hydrogen-bond donors (Lipinski definition) is 2. The molecule has 0 spiro atoms. The third-order valence-electron chi connectivity index (χ3n) is 4.52. The van der Waals surface area contributed by atoms with Crippen molar-refractivity contribution in [2.24, 2.45) is 0 Å². The molecule has 3 rings (SSSR count). The number of thiocarbonyl (C=S) groups is 1. The molecule has 0 saturated heterocycles. The molecule has 0 radical (unpaired) electrons. The molecular formula is C25H25N3O4S. The molecule has 0 unspecified atom stereocenters. The van der Waals surface area contributed by atoms with Crippen LogP contribution in [0.1, 0.15) is 20.7 Å². The minimum atomic E-state index is -0.372. The number of nitrogens with one attached hydrogen (secondary N) is 2. The van der Waals surface area contributed by atoms with Gasteiger partial charge in [0.2, 0.25) is 0 Å². The molecular weight excluding hydrogens is 438 g/mol. The molecule has 8 heteroatoms. The Bertz CT molecular complexity index is 1100. The lowest BCUT2D eigenvalue weighted by Gasteiger charge is -2.16. The highest BCUT2D eigenvalue weighted by Crippen LogP contribution is 2.17. The quantitative estimate of drug-likeness (QED) is 0.389. The van der Waals surface area contributed by atoms with Gasteiger partial charge >= 0.3 is 0 Å².